The molecule has 0 saturated heterocycles. The maximum Gasteiger partial charge on any atom is 0.182 e. The molecule has 0 heterocycles. The fourth-order valence-electron chi connectivity index (χ4n) is 1.74. The molecule has 1 aromatic rings. The van der Waals surface area contributed by atoms with Crippen LogP contribution in [0.15, 0.2) is 53.6 Å². The van der Waals surface area contributed by atoms with Crippen LogP contribution in [0, 0.1) is 22.7 Å². The maximum atomic E-state index is 8.99. The quantitative estimate of drug-likeness (QED) is 0.797. The van der Waals surface area contributed by atoms with Crippen molar-refractivity contribution in [1.29, 1.82) is 10.5 Å². The predicted molar refractivity (Wildman–Crippen MR) is 66.0 cm³/mol. The lowest BCUT2D eigenvalue weighted by Crippen LogP contribution is -2.45. The Balaban J connectivity index is 2.23. The number of nitrogens with two attached hydrogens (primary N) is 1. The van der Waals surface area contributed by atoms with Crippen LogP contribution in [0.5, 0.6) is 5.75 Å². The third-order valence-electron chi connectivity index (χ3n) is 2.62. The second-order valence-electron chi connectivity index (χ2n) is 4.00. The van der Waals surface area contributed by atoms with Crippen molar-refractivity contribution in [2.45, 2.75) is 12.1 Å². The minimum absolute atomic E-state index is 0.192. The van der Waals surface area contributed by atoms with E-state index < -0.39 is 5.72 Å². The van der Waals surface area contributed by atoms with E-state index in [1.807, 2.05) is 30.3 Å². The van der Waals surface area contributed by atoms with Crippen LogP contribution in [0.3, 0.4) is 0 Å². The smallest absolute Gasteiger partial charge is 0.182 e. The van der Waals surface area contributed by atoms with Crippen LogP contribution in [-0.2, 0) is 0 Å². The molecule has 1 atom stereocenters. The molecule has 0 fully saturated rings. The topological polar surface area (TPSA) is 82.8 Å². The third kappa shape index (κ3) is 2.40. The van der Waals surface area contributed by atoms with Crippen LogP contribution in [-0.4, -0.2) is 5.72 Å². The zero-order valence-corrected chi connectivity index (χ0v) is 9.63. The monoisotopic (exact) mass is 237 g/mol. The number of hydrogen-bond donors (Lipinski definition) is 1. The van der Waals surface area contributed by atoms with Gasteiger partial charge in [-0.25, -0.2) is 0 Å². The molecule has 0 spiro atoms. The highest BCUT2D eigenvalue weighted by molar-refractivity contribution is 5.48. The van der Waals surface area contributed by atoms with Gasteiger partial charge in [0.05, 0.1) is 17.2 Å². The molecule has 1 aliphatic carbocycles. The van der Waals surface area contributed by atoms with Gasteiger partial charge in [0.1, 0.15) is 11.8 Å². The highest BCUT2D eigenvalue weighted by Crippen LogP contribution is 2.27. The number of allylic oxidation sites excluding steroid dienone is 2. The van der Waals surface area contributed by atoms with Gasteiger partial charge in [0, 0.05) is 6.42 Å². The lowest BCUT2D eigenvalue weighted by molar-refractivity contribution is 0.127. The molecule has 0 aliphatic heterocycles. The van der Waals surface area contributed by atoms with Gasteiger partial charge in [-0.2, -0.15) is 10.5 Å². The lowest BCUT2D eigenvalue weighted by atomic mass is 9.93. The Hall–Kier alpha value is -2.56. The first kappa shape index (κ1) is 11.9. The maximum absolute atomic E-state index is 8.99. The zero-order chi connectivity index (χ0) is 13.0. The Morgan fingerprint density at radius 2 is 1.89 bits per heavy atom. The van der Waals surface area contributed by atoms with E-state index in [0.717, 1.165) is 0 Å². The molecule has 4 heteroatoms. The van der Waals surface area contributed by atoms with E-state index in [0.29, 0.717) is 16.9 Å². The fraction of sp³-hybridized carbons (Fsp3) is 0.143. The Bertz CT molecular complexity index is 590. The van der Waals surface area contributed by atoms with Crippen LogP contribution in [0.4, 0.5) is 0 Å². The van der Waals surface area contributed by atoms with E-state index >= 15 is 0 Å². The van der Waals surface area contributed by atoms with E-state index in [-0.39, 0.29) is 6.42 Å². The van der Waals surface area contributed by atoms with Crippen molar-refractivity contribution in [2.24, 2.45) is 5.73 Å². The summed E-state index contributed by atoms with van der Waals surface area (Å²) >= 11 is 0. The molecule has 88 valence electrons. The van der Waals surface area contributed by atoms with Gasteiger partial charge in [-0.05, 0) is 24.3 Å². The predicted octanol–water partition coefficient (Wildman–Crippen LogP) is 2.02. The van der Waals surface area contributed by atoms with Crippen molar-refractivity contribution in [3.63, 3.8) is 0 Å². The number of benzene rings is 1. The van der Waals surface area contributed by atoms with Gasteiger partial charge in [-0.3, -0.25) is 5.73 Å². The highest BCUT2D eigenvalue weighted by atomic mass is 16.5. The normalized spacial score (nSPS) is 22.2. The van der Waals surface area contributed by atoms with Gasteiger partial charge < -0.3 is 4.74 Å². The third-order valence-corrected chi connectivity index (χ3v) is 2.62. The summed E-state index contributed by atoms with van der Waals surface area (Å²) in [6, 6.07) is 13.1. The molecular formula is C14H11N3O. The van der Waals surface area contributed by atoms with Gasteiger partial charge in [0.2, 0.25) is 0 Å². The molecule has 1 aromatic carbocycles. The SMILES string of the molecule is N#CC1=C(C#N)CC(N)(Oc2ccccc2)C=C1. The molecule has 2 rings (SSSR count). The Morgan fingerprint density at radius 3 is 2.50 bits per heavy atom. The first-order valence-electron chi connectivity index (χ1n) is 5.42. The van der Waals surface area contributed by atoms with Gasteiger partial charge in [0.15, 0.2) is 5.72 Å². The number of para-hydroxylation sites is 1. The van der Waals surface area contributed by atoms with Crippen molar-refractivity contribution in [1.82, 2.24) is 0 Å². The Labute approximate surface area is 105 Å². The summed E-state index contributed by atoms with van der Waals surface area (Å²) in [5, 5.41) is 17.8. The van der Waals surface area contributed by atoms with E-state index in [2.05, 4.69) is 0 Å². The van der Waals surface area contributed by atoms with Crippen LogP contribution in [0.1, 0.15) is 6.42 Å². The summed E-state index contributed by atoms with van der Waals surface area (Å²) in [5.74, 6) is 0.627. The minimum atomic E-state index is -1.08. The summed E-state index contributed by atoms with van der Waals surface area (Å²) in [7, 11) is 0. The van der Waals surface area contributed by atoms with E-state index in [1.165, 1.54) is 6.08 Å². The van der Waals surface area contributed by atoms with Gasteiger partial charge >= 0.3 is 0 Å². The van der Waals surface area contributed by atoms with E-state index in [4.69, 9.17) is 21.0 Å². The molecule has 0 bridgehead atoms. The summed E-state index contributed by atoms with van der Waals surface area (Å²) < 4.78 is 5.66. The highest BCUT2D eigenvalue weighted by Gasteiger charge is 2.30. The fourth-order valence-corrected chi connectivity index (χ4v) is 1.74. The molecule has 2 N–H and O–H groups in total. The largest absolute Gasteiger partial charge is 0.469 e. The van der Waals surface area contributed by atoms with E-state index in [9.17, 15) is 0 Å². The first-order valence-corrected chi connectivity index (χ1v) is 5.42. The van der Waals surface area contributed by atoms with Crippen molar-refractivity contribution in [3.05, 3.63) is 53.6 Å². The van der Waals surface area contributed by atoms with Crippen LogP contribution in [0.25, 0.3) is 0 Å². The lowest BCUT2D eigenvalue weighted by Gasteiger charge is -2.29. The standard InChI is InChI=1S/C14H11N3O/c15-9-11-6-7-14(17,8-12(11)10-16)18-13-4-2-1-3-5-13/h1-7H,8,17H2. The number of ether oxygens (including phenoxy) is 1. The van der Waals surface area contributed by atoms with Gasteiger partial charge in [-0.1, -0.05) is 18.2 Å². The number of nitrogens with zero attached hydrogens (tertiary/aromatic N) is 2. The molecule has 0 amide bonds. The summed E-state index contributed by atoms with van der Waals surface area (Å²) in [6.07, 6.45) is 3.34. The van der Waals surface area contributed by atoms with E-state index in [1.54, 1.807) is 18.2 Å². The van der Waals surface area contributed by atoms with Gasteiger partial charge in [0.25, 0.3) is 0 Å². The number of hydrogen-bond acceptors (Lipinski definition) is 4. The molecule has 0 aromatic heterocycles. The zero-order valence-electron chi connectivity index (χ0n) is 9.63. The van der Waals surface area contributed by atoms with Gasteiger partial charge in [-0.15, -0.1) is 0 Å². The minimum Gasteiger partial charge on any atom is -0.469 e. The van der Waals surface area contributed by atoms with Crippen molar-refractivity contribution < 1.29 is 4.74 Å². The Morgan fingerprint density at radius 1 is 1.17 bits per heavy atom. The summed E-state index contributed by atoms with van der Waals surface area (Å²) in [4.78, 5) is 0. The van der Waals surface area contributed by atoms with Crippen molar-refractivity contribution >= 4 is 0 Å². The Kier molecular flexibility index (Phi) is 3.14. The molecule has 0 radical (unpaired) electrons. The summed E-state index contributed by atoms with van der Waals surface area (Å²) in [6.45, 7) is 0. The molecule has 1 unspecified atom stereocenters. The average molecular weight is 237 g/mol. The van der Waals surface area contributed by atoms with Crippen molar-refractivity contribution in [2.75, 3.05) is 0 Å². The number of nitriles is 2. The second-order valence-corrected chi connectivity index (χ2v) is 4.00. The summed E-state index contributed by atoms with van der Waals surface area (Å²) in [5.41, 5.74) is 5.68. The molecular weight excluding hydrogens is 226 g/mol. The molecule has 4 nitrogen and oxygen atoms in total. The molecule has 0 saturated carbocycles. The van der Waals surface area contributed by atoms with Crippen LogP contribution in [0.2, 0.25) is 0 Å². The average Bonchev–Trinajstić information content (AvgIpc) is 2.39. The van der Waals surface area contributed by atoms with Crippen molar-refractivity contribution in [3.8, 4) is 17.9 Å². The van der Waals surface area contributed by atoms with Crippen LogP contribution < -0.4 is 10.5 Å². The second kappa shape index (κ2) is 4.75. The first-order chi connectivity index (χ1) is 8.67. The van der Waals surface area contributed by atoms with Crippen LogP contribution >= 0.6 is 0 Å². The molecule has 18 heavy (non-hydrogen) atoms. The number of rotatable bonds is 2. The molecule has 1 aliphatic rings.